The Hall–Kier alpha value is -2.80. The summed E-state index contributed by atoms with van der Waals surface area (Å²) in [5.74, 6) is -0.728. The summed E-state index contributed by atoms with van der Waals surface area (Å²) in [5.41, 5.74) is 2.66. The van der Waals surface area contributed by atoms with E-state index in [1.807, 2.05) is 24.3 Å². The Balaban J connectivity index is 1.74. The van der Waals surface area contributed by atoms with E-state index in [0.29, 0.717) is 30.2 Å². The molecule has 0 fully saturated rings. The summed E-state index contributed by atoms with van der Waals surface area (Å²) >= 11 is 5.93. The monoisotopic (exact) mass is 388 g/mol. The number of carbonyl (C=O) groups excluding carboxylic acids is 3. The highest BCUT2D eigenvalue weighted by Gasteiger charge is 2.31. The number of aromatic amines is 1. The first-order valence-electron chi connectivity index (χ1n) is 8.67. The normalized spacial score (nSPS) is 15.8. The molecular formula is C19H21ClN4O3. The van der Waals surface area contributed by atoms with Crippen molar-refractivity contribution in [2.45, 2.75) is 25.9 Å². The number of nitrogens with one attached hydrogen (secondary N) is 3. The van der Waals surface area contributed by atoms with Crippen LogP contribution in [0, 0.1) is 0 Å². The van der Waals surface area contributed by atoms with Crippen LogP contribution in [-0.2, 0) is 22.6 Å². The van der Waals surface area contributed by atoms with Gasteiger partial charge in [0.2, 0.25) is 11.8 Å². The number of H-pyrrole nitrogens is 1. The molecule has 0 saturated heterocycles. The van der Waals surface area contributed by atoms with Crippen molar-refractivity contribution >= 4 is 29.3 Å². The molecule has 1 aromatic heterocycles. The molecule has 1 aliphatic rings. The minimum absolute atomic E-state index is 0.0845. The average Bonchev–Trinajstić information content (AvgIpc) is 3.09. The van der Waals surface area contributed by atoms with Crippen molar-refractivity contribution in [3.05, 3.63) is 58.4 Å². The molecular weight excluding hydrogens is 368 g/mol. The number of hydrogen-bond donors (Lipinski definition) is 3. The van der Waals surface area contributed by atoms with E-state index in [9.17, 15) is 14.4 Å². The molecule has 1 aliphatic heterocycles. The lowest BCUT2D eigenvalue weighted by Gasteiger charge is -2.37. The van der Waals surface area contributed by atoms with Crippen molar-refractivity contribution in [1.29, 1.82) is 0 Å². The Bertz CT molecular complexity index is 864. The Morgan fingerprint density at radius 2 is 1.96 bits per heavy atom. The van der Waals surface area contributed by atoms with Crippen LogP contribution in [0.3, 0.4) is 0 Å². The highest BCUT2D eigenvalue weighted by molar-refractivity contribution is 6.30. The fourth-order valence-corrected chi connectivity index (χ4v) is 3.32. The Kier molecular flexibility index (Phi) is 5.81. The molecule has 0 radical (unpaired) electrons. The minimum atomic E-state index is -0.292. The maximum absolute atomic E-state index is 13.0. The fraction of sp³-hybridized carbons (Fsp3) is 0.316. The maximum atomic E-state index is 13.0. The van der Waals surface area contributed by atoms with Gasteiger partial charge < -0.3 is 20.5 Å². The number of rotatable bonds is 5. The third-order valence-corrected chi connectivity index (χ3v) is 4.75. The van der Waals surface area contributed by atoms with E-state index in [2.05, 4.69) is 15.6 Å². The molecule has 2 heterocycles. The largest absolute Gasteiger partial charge is 0.356 e. The second-order valence-corrected chi connectivity index (χ2v) is 6.94. The molecule has 7 nitrogen and oxygen atoms in total. The summed E-state index contributed by atoms with van der Waals surface area (Å²) in [6, 6.07) is 9.35. The molecule has 1 aromatic carbocycles. The zero-order valence-electron chi connectivity index (χ0n) is 14.9. The molecule has 142 valence electrons. The lowest BCUT2D eigenvalue weighted by Crippen LogP contribution is -2.51. The van der Waals surface area contributed by atoms with Gasteiger partial charge in [0, 0.05) is 26.2 Å². The van der Waals surface area contributed by atoms with Crippen molar-refractivity contribution in [3.63, 3.8) is 0 Å². The summed E-state index contributed by atoms with van der Waals surface area (Å²) in [4.78, 5) is 40.5. The second kappa shape index (κ2) is 8.26. The summed E-state index contributed by atoms with van der Waals surface area (Å²) in [6.07, 6.45) is 2.20. The van der Waals surface area contributed by atoms with Crippen LogP contribution in [0.15, 0.2) is 36.5 Å². The Morgan fingerprint density at radius 1 is 1.22 bits per heavy atom. The number of nitrogens with zero attached hydrogens (tertiary/aromatic N) is 1. The van der Waals surface area contributed by atoms with Gasteiger partial charge in [-0.25, -0.2) is 0 Å². The summed E-state index contributed by atoms with van der Waals surface area (Å²) in [5, 5.41) is 5.72. The van der Waals surface area contributed by atoms with Crippen LogP contribution in [0.5, 0.6) is 0 Å². The standard InChI is InChI=1S/C19H21ClN4O3/c1-12(25)21-10-18(26)23-9-16-6-13-4-2-3-5-14(13)11-24(16)19(27)17-7-15(20)8-22-17/h2-5,7-8,16,22H,6,9-11H2,1H3,(H,21,25)(H,23,26). The quantitative estimate of drug-likeness (QED) is 0.724. The lowest BCUT2D eigenvalue weighted by atomic mass is 9.93. The Labute approximate surface area is 162 Å². The van der Waals surface area contributed by atoms with Crippen molar-refractivity contribution in [1.82, 2.24) is 20.5 Å². The zero-order valence-corrected chi connectivity index (χ0v) is 15.7. The van der Waals surface area contributed by atoms with E-state index in [-0.39, 0.29) is 30.3 Å². The second-order valence-electron chi connectivity index (χ2n) is 6.51. The number of hydrogen-bond acceptors (Lipinski definition) is 3. The van der Waals surface area contributed by atoms with E-state index in [0.717, 1.165) is 11.1 Å². The first kappa shape index (κ1) is 19.0. The first-order chi connectivity index (χ1) is 12.9. The summed E-state index contributed by atoms with van der Waals surface area (Å²) < 4.78 is 0. The molecule has 1 atom stereocenters. The summed E-state index contributed by atoms with van der Waals surface area (Å²) in [6.45, 7) is 2.02. The number of fused-ring (bicyclic) bond motifs is 1. The van der Waals surface area contributed by atoms with Gasteiger partial charge in [-0.05, 0) is 23.6 Å². The van der Waals surface area contributed by atoms with Gasteiger partial charge in [0.1, 0.15) is 5.69 Å². The Morgan fingerprint density at radius 3 is 2.63 bits per heavy atom. The van der Waals surface area contributed by atoms with Crippen molar-refractivity contribution in [2.75, 3.05) is 13.1 Å². The summed E-state index contributed by atoms with van der Waals surface area (Å²) in [7, 11) is 0. The van der Waals surface area contributed by atoms with E-state index in [1.54, 1.807) is 17.2 Å². The molecule has 0 spiro atoms. The number of amides is 3. The fourth-order valence-electron chi connectivity index (χ4n) is 3.15. The van der Waals surface area contributed by atoms with E-state index < -0.39 is 0 Å². The van der Waals surface area contributed by atoms with Crippen LogP contribution in [0.25, 0.3) is 0 Å². The van der Waals surface area contributed by atoms with Gasteiger partial charge in [0.05, 0.1) is 17.6 Å². The zero-order chi connectivity index (χ0) is 19.4. The highest BCUT2D eigenvalue weighted by Crippen LogP contribution is 2.25. The molecule has 1 unspecified atom stereocenters. The van der Waals surface area contributed by atoms with Gasteiger partial charge in [-0.15, -0.1) is 0 Å². The third kappa shape index (κ3) is 4.68. The van der Waals surface area contributed by atoms with Crippen molar-refractivity contribution in [3.8, 4) is 0 Å². The first-order valence-corrected chi connectivity index (χ1v) is 9.04. The minimum Gasteiger partial charge on any atom is -0.356 e. The van der Waals surface area contributed by atoms with Crippen LogP contribution in [-0.4, -0.2) is 46.7 Å². The van der Waals surface area contributed by atoms with E-state index in [1.165, 1.54) is 6.92 Å². The maximum Gasteiger partial charge on any atom is 0.270 e. The van der Waals surface area contributed by atoms with Crippen LogP contribution >= 0.6 is 11.6 Å². The predicted octanol–water partition coefficient (Wildman–Crippen LogP) is 1.49. The van der Waals surface area contributed by atoms with Gasteiger partial charge in [-0.1, -0.05) is 35.9 Å². The van der Waals surface area contributed by atoms with Gasteiger partial charge in [-0.2, -0.15) is 0 Å². The molecule has 0 aliphatic carbocycles. The number of benzene rings is 1. The van der Waals surface area contributed by atoms with Gasteiger partial charge in [0.15, 0.2) is 0 Å². The number of halogens is 1. The third-order valence-electron chi connectivity index (χ3n) is 4.53. The molecule has 2 aromatic rings. The molecule has 3 rings (SSSR count). The van der Waals surface area contributed by atoms with Gasteiger partial charge in [0.25, 0.3) is 5.91 Å². The number of aromatic nitrogens is 1. The average molecular weight is 389 g/mol. The predicted molar refractivity (Wildman–Crippen MR) is 101 cm³/mol. The van der Waals surface area contributed by atoms with Crippen LogP contribution in [0.2, 0.25) is 5.02 Å². The topological polar surface area (TPSA) is 94.3 Å². The van der Waals surface area contributed by atoms with Gasteiger partial charge in [-0.3, -0.25) is 14.4 Å². The molecule has 0 bridgehead atoms. The molecule has 0 saturated carbocycles. The SMILES string of the molecule is CC(=O)NCC(=O)NCC1Cc2ccccc2CN1C(=O)c1cc(Cl)c[nH]1. The highest BCUT2D eigenvalue weighted by atomic mass is 35.5. The lowest BCUT2D eigenvalue weighted by molar-refractivity contribution is -0.125. The van der Waals surface area contributed by atoms with E-state index >= 15 is 0 Å². The van der Waals surface area contributed by atoms with Gasteiger partial charge >= 0.3 is 0 Å². The van der Waals surface area contributed by atoms with Crippen LogP contribution in [0.4, 0.5) is 0 Å². The van der Waals surface area contributed by atoms with Crippen LogP contribution < -0.4 is 10.6 Å². The van der Waals surface area contributed by atoms with E-state index in [4.69, 9.17) is 11.6 Å². The number of carbonyl (C=O) groups is 3. The van der Waals surface area contributed by atoms with Crippen molar-refractivity contribution in [2.24, 2.45) is 0 Å². The smallest absolute Gasteiger partial charge is 0.270 e. The molecule has 3 N–H and O–H groups in total. The molecule has 8 heteroatoms. The molecule has 3 amide bonds. The van der Waals surface area contributed by atoms with Crippen molar-refractivity contribution < 1.29 is 14.4 Å². The van der Waals surface area contributed by atoms with Crippen LogP contribution in [0.1, 0.15) is 28.5 Å². The molecule has 27 heavy (non-hydrogen) atoms.